The molecule has 0 heterocycles. The highest BCUT2D eigenvalue weighted by Gasteiger charge is 2.29. The molecule has 0 amide bonds. The van der Waals surface area contributed by atoms with E-state index in [1.165, 1.54) is 12.1 Å². The highest BCUT2D eigenvalue weighted by molar-refractivity contribution is 7.80. The van der Waals surface area contributed by atoms with Crippen LogP contribution >= 0.6 is 12.2 Å². The number of thiocarbonyl (C=S) groups is 1. The number of rotatable bonds is 7. The Morgan fingerprint density at radius 1 is 1.19 bits per heavy atom. The summed E-state index contributed by atoms with van der Waals surface area (Å²) < 4.78 is 42.4. The lowest BCUT2D eigenvalue weighted by Crippen LogP contribution is -2.35. The molecular formula is C14H19F3N2OS. The number of halogens is 3. The average Bonchev–Trinajstić information content (AvgIpc) is 2.44. The third kappa shape index (κ3) is 7.29. The molecule has 2 N–H and O–H groups in total. The molecule has 0 aromatic heterocycles. The van der Waals surface area contributed by atoms with E-state index in [0.29, 0.717) is 31.4 Å². The van der Waals surface area contributed by atoms with E-state index < -0.39 is 11.7 Å². The SMILES string of the molecule is CCOCCCNC(=S)NCc1ccc(C(F)(F)F)cc1. The third-order valence-corrected chi connectivity index (χ3v) is 2.98. The Balaban J connectivity index is 2.27. The fraction of sp³-hybridized carbons (Fsp3) is 0.500. The molecule has 0 spiro atoms. The van der Waals surface area contributed by atoms with Crippen molar-refractivity contribution in [3.63, 3.8) is 0 Å². The highest BCUT2D eigenvalue weighted by atomic mass is 32.1. The van der Waals surface area contributed by atoms with Crippen LogP contribution in [0.4, 0.5) is 13.2 Å². The van der Waals surface area contributed by atoms with Crippen LogP contribution in [-0.4, -0.2) is 24.9 Å². The summed E-state index contributed by atoms with van der Waals surface area (Å²) in [4.78, 5) is 0. The van der Waals surface area contributed by atoms with E-state index in [1.54, 1.807) is 0 Å². The first-order valence-electron chi connectivity index (χ1n) is 6.69. The van der Waals surface area contributed by atoms with Gasteiger partial charge in [-0.2, -0.15) is 13.2 Å². The predicted molar refractivity (Wildman–Crippen MR) is 80.0 cm³/mol. The van der Waals surface area contributed by atoms with Gasteiger partial charge in [0.05, 0.1) is 5.56 Å². The second-order valence-electron chi connectivity index (χ2n) is 4.35. The van der Waals surface area contributed by atoms with Crippen molar-refractivity contribution in [2.75, 3.05) is 19.8 Å². The number of hydrogen-bond acceptors (Lipinski definition) is 2. The maximum Gasteiger partial charge on any atom is 0.416 e. The molecule has 21 heavy (non-hydrogen) atoms. The smallest absolute Gasteiger partial charge is 0.382 e. The summed E-state index contributed by atoms with van der Waals surface area (Å²) in [5, 5.41) is 6.43. The number of nitrogens with one attached hydrogen (secondary N) is 2. The molecule has 118 valence electrons. The van der Waals surface area contributed by atoms with Gasteiger partial charge in [-0.3, -0.25) is 0 Å². The van der Waals surface area contributed by atoms with Gasteiger partial charge in [0.2, 0.25) is 0 Å². The lowest BCUT2D eigenvalue weighted by Gasteiger charge is -2.11. The molecule has 0 fully saturated rings. The quantitative estimate of drug-likeness (QED) is 0.597. The summed E-state index contributed by atoms with van der Waals surface area (Å²) in [7, 11) is 0. The zero-order chi connectivity index (χ0) is 15.7. The Kier molecular flexibility index (Phi) is 7.45. The number of benzene rings is 1. The summed E-state index contributed by atoms with van der Waals surface area (Å²) in [5.41, 5.74) is 0.0874. The van der Waals surface area contributed by atoms with E-state index in [2.05, 4.69) is 10.6 Å². The number of hydrogen-bond donors (Lipinski definition) is 2. The standard InChI is InChI=1S/C14H19F3N2OS/c1-2-20-9-3-8-18-13(21)19-10-11-4-6-12(7-5-11)14(15,16)17/h4-7H,2-3,8-10H2,1H3,(H2,18,19,21). The molecule has 1 rings (SSSR count). The Morgan fingerprint density at radius 2 is 1.86 bits per heavy atom. The van der Waals surface area contributed by atoms with Gasteiger partial charge in [-0.25, -0.2) is 0 Å². The highest BCUT2D eigenvalue weighted by Crippen LogP contribution is 2.28. The van der Waals surface area contributed by atoms with Gasteiger partial charge in [-0.05, 0) is 43.3 Å². The minimum atomic E-state index is -4.30. The zero-order valence-electron chi connectivity index (χ0n) is 11.8. The molecule has 0 saturated carbocycles. The Bertz CT molecular complexity index is 435. The molecule has 0 atom stereocenters. The normalized spacial score (nSPS) is 11.2. The molecule has 1 aromatic carbocycles. The monoisotopic (exact) mass is 320 g/mol. The Labute approximate surface area is 127 Å². The lowest BCUT2D eigenvalue weighted by molar-refractivity contribution is -0.137. The molecule has 0 saturated heterocycles. The van der Waals surface area contributed by atoms with Gasteiger partial charge >= 0.3 is 6.18 Å². The van der Waals surface area contributed by atoms with Crippen molar-refractivity contribution in [3.8, 4) is 0 Å². The van der Waals surface area contributed by atoms with Gasteiger partial charge < -0.3 is 15.4 Å². The van der Waals surface area contributed by atoms with Crippen LogP contribution in [0.2, 0.25) is 0 Å². The predicted octanol–water partition coefficient (Wildman–Crippen LogP) is 3.10. The van der Waals surface area contributed by atoms with E-state index in [1.807, 2.05) is 6.92 Å². The van der Waals surface area contributed by atoms with Crippen molar-refractivity contribution in [3.05, 3.63) is 35.4 Å². The zero-order valence-corrected chi connectivity index (χ0v) is 12.6. The molecule has 7 heteroatoms. The van der Waals surface area contributed by atoms with Crippen LogP contribution in [0.3, 0.4) is 0 Å². The van der Waals surface area contributed by atoms with Crippen LogP contribution in [0.1, 0.15) is 24.5 Å². The molecule has 0 aliphatic heterocycles. The van der Waals surface area contributed by atoms with Gasteiger partial charge in [0.15, 0.2) is 5.11 Å². The summed E-state index contributed by atoms with van der Waals surface area (Å²) in [5.74, 6) is 0. The fourth-order valence-electron chi connectivity index (χ4n) is 1.58. The second-order valence-corrected chi connectivity index (χ2v) is 4.76. The first-order chi connectivity index (χ1) is 9.93. The average molecular weight is 320 g/mol. The summed E-state index contributed by atoms with van der Waals surface area (Å²) >= 11 is 5.07. The van der Waals surface area contributed by atoms with Crippen molar-refractivity contribution in [1.29, 1.82) is 0 Å². The number of ether oxygens (including phenoxy) is 1. The van der Waals surface area contributed by atoms with E-state index in [4.69, 9.17) is 17.0 Å². The molecule has 3 nitrogen and oxygen atoms in total. The second kappa shape index (κ2) is 8.84. The van der Waals surface area contributed by atoms with Crippen molar-refractivity contribution < 1.29 is 17.9 Å². The molecule has 0 bridgehead atoms. The molecular weight excluding hydrogens is 301 g/mol. The molecule has 0 radical (unpaired) electrons. The first kappa shape index (κ1) is 17.7. The van der Waals surface area contributed by atoms with E-state index in [-0.39, 0.29) is 0 Å². The maximum atomic E-state index is 12.4. The van der Waals surface area contributed by atoms with Crippen LogP contribution < -0.4 is 10.6 Å². The molecule has 1 aromatic rings. The van der Waals surface area contributed by atoms with E-state index >= 15 is 0 Å². The van der Waals surface area contributed by atoms with Crippen LogP contribution in [-0.2, 0) is 17.5 Å². The maximum absolute atomic E-state index is 12.4. The van der Waals surface area contributed by atoms with Crippen molar-refractivity contribution in [2.24, 2.45) is 0 Å². The largest absolute Gasteiger partial charge is 0.416 e. The summed E-state index contributed by atoms with van der Waals surface area (Å²) in [6.45, 7) is 4.37. The van der Waals surface area contributed by atoms with Crippen LogP contribution in [0.15, 0.2) is 24.3 Å². The topological polar surface area (TPSA) is 33.3 Å². The van der Waals surface area contributed by atoms with E-state index in [9.17, 15) is 13.2 Å². The van der Waals surface area contributed by atoms with Crippen LogP contribution in [0.5, 0.6) is 0 Å². The van der Waals surface area contributed by atoms with Gasteiger partial charge in [-0.15, -0.1) is 0 Å². The molecule has 0 aliphatic carbocycles. The first-order valence-corrected chi connectivity index (χ1v) is 7.10. The van der Waals surface area contributed by atoms with Gasteiger partial charge in [-0.1, -0.05) is 12.1 Å². The van der Waals surface area contributed by atoms with Crippen LogP contribution in [0.25, 0.3) is 0 Å². The fourth-order valence-corrected chi connectivity index (χ4v) is 1.75. The van der Waals surface area contributed by atoms with Crippen molar-refractivity contribution in [2.45, 2.75) is 26.1 Å². The minimum absolute atomic E-state index is 0.384. The van der Waals surface area contributed by atoms with Crippen LogP contribution in [0, 0.1) is 0 Å². The van der Waals surface area contributed by atoms with Crippen molar-refractivity contribution >= 4 is 17.3 Å². The molecule has 0 aliphatic rings. The van der Waals surface area contributed by atoms with Gasteiger partial charge in [0.25, 0.3) is 0 Å². The van der Waals surface area contributed by atoms with Crippen molar-refractivity contribution in [1.82, 2.24) is 10.6 Å². The summed E-state index contributed by atoms with van der Waals surface area (Å²) in [6.07, 6.45) is -3.46. The van der Waals surface area contributed by atoms with E-state index in [0.717, 1.165) is 24.1 Å². The number of alkyl halides is 3. The third-order valence-electron chi connectivity index (χ3n) is 2.69. The van der Waals surface area contributed by atoms with Gasteiger partial charge in [0, 0.05) is 26.3 Å². The summed E-state index contributed by atoms with van der Waals surface area (Å²) in [6, 6.07) is 5.01. The van der Waals surface area contributed by atoms with Gasteiger partial charge in [0.1, 0.15) is 0 Å². The Morgan fingerprint density at radius 3 is 2.43 bits per heavy atom. The minimum Gasteiger partial charge on any atom is -0.382 e. The lowest BCUT2D eigenvalue weighted by atomic mass is 10.1. The molecule has 0 unspecified atom stereocenters. The Hall–Kier alpha value is -1.34.